The zero-order chi connectivity index (χ0) is 18.2. The van der Waals surface area contributed by atoms with Crippen LogP contribution in [0.15, 0.2) is 22.7 Å². The first-order valence-electron chi connectivity index (χ1n) is 9.26. The molecule has 0 fully saturated rings. The van der Waals surface area contributed by atoms with Crippen LogP contribution in [0.4, 0.5) is 5.69 Å². The van der Waals surface area contributed by atoms with Crippen molar-refractivity contribution in [1.29, 1.82) is 0 Å². The van der Waals surface area contributed by atoms with Gasteiger partial charge in [0.05, 0.1) is 11.3 Å². The van der Waals surface area contributed by atoms with E-state index in [9.17, 15) is 4.79 Å². The highest BCUT2D eigenvalue weighted by molar-refractivity contribution is 5.95. The van der Waals surface area contributed by atoms with Gasteiger partial charge in [-0.2, -0.15) is 4.98 Å². The second-order valence-electron chi connectivity index (χ2n) is 6.82. The number of unbranched alkanes of at least 4 members (excludes halogenated alkanes) is 4. The van der Waals surface area contributed by atoms with E-state index in [1.165, 1.54) is 19.3 Å². The molecule has 0 saturated heterocycles. The predicted octanol–water partition coefficient (Wildman–Crippen LogP) is 5.47. The van der Waals surface area contributed by atoms with Crippen LogP contribution >= 0.6 is 0 Å². The third-order valence-corrected chi connectivity index (χ3v) is 4.23. The third kappa shape index (κ3) is 5.41. The van der Waals surface area contributed by atoms with Crippen LogP contribution in [0.5, 0.6) is 0 Å². The molecule has 5 heteroatoms. The Bertz CT molecular complexity index is 692. The van der Waals surface area contributed by atoms with Gasteiger partial charge in [0.2, 0.25) is 5.91 Å². The van der Waals surface area contributed by atoms with Crippen molar-refractivity contribution in [2.24, 2.45) is 0 Å². The lowest BCUT2D eigenvalue weighted by Gasteiger charge is -2.11. The Morgan fingerprint density at radius 2 is 1.96 bits per heavy atom. The summed E-state index contributed by atoms with van der Waals surface area (Å²) in [5.74, 6) is 1.36. The molecule has 0 aliphatic rings. The summed E-state index contributed by atoms with van der Waals surface area (Å²) in [7, 11) is 0. The maximum atomic E-state index is 12.3. The molecule has 0 aliphatic carbocycles. The van der Waals surface area contributed by atoms with Gasteiger partial charge in [-0.1, -0.05) is 63.7 Å². The number of hydrogen-bond donors (Lipinski definition) is 1. The maximum absolute atomic E-state index is 12.3. The second kappa shape index (κ2) is 9.35. The minimum Gasteiger partial charge on any atom is -0.334 e. The normalized spacial score (nSPS) is 11.1. The van der Waals surface area contributed by atoms with E-state index in [1.54, 1.807) is 0 Å². The molecule has 2 aromatic rings. The van der Waals surface area contributed by atoms with E-state index >= 15 is 0 Å². The molecule has 2 rings (SSSR count). The number of carbonyl (C=O) groups excluding carboxylic acids is 1. The zero-order valence-corrected chi connectivity index (χ0v) is 15.8. The average Bonchev–Trinajstić information content (AvgIpc) is 3.06. The molecule has 5 nitrogen and oxygen atoms in total. The fourth-order valence-corrected chi connectivity index (χ4v) is 2.68. The summed E-state index contributed by atoms with van der Waals surface area (Å²) in [4.78, 5) is 16.8. The summed E-state index contributed by atoms with van der Waals surface area (Å²) in [6.07, 6.45) is 6.20. The molecular weight excluding hydrogens is 314 g/mol. The van der Waals surface area contributed by atoms with Crippen molar-refractivity contribution in [2.45, 2.75) is 72.1 Å². The summed E-state index contributed by atoms with van der Waals surface area (Å²) in [6.45, 7) is 8.20. The van der Waals surface area contributed by atoms with E-state index in [0.717, 1.165) is 29.7 Å². The Hall–Kier alpha value is -2.17. The number of anilines is 1. The van der Waals surface area contributed by atoms with Gasteiger partial charge in [0.1, 0.15) is 0 Å². The highest BCUT2D eigenvalue weighted by atomic mass is 16.5. The summed E-state index contributed by atoms with van der Waals surface area (Å²) in [5, 5.41) is 7.06. The fraction of sp³-hybridized carbons (Fsp3) is 0.550. The first-order valence-corrected chi connectivity index (χ1v) is 9.26. The predicted molar refractivity (Wildman–Crippen MR) is 101 cm³/mol. The van der Waals surface area contributed by atoms with Crippen molar-refractivity contribution in [3.63, 3.8) is 0 Å². The number of nitrogens with one attached hydrogen (secondary N) is 1. The molecule has 1 aromatic carbocycles. The smallest absolute Gasteiger partial charge is 0.260 e. The van der Waals surface area contributed by atoms with Gasteiger partial charge in [-0.05, 0) is 25.0 Å². The molecule has 0 saturated carbocycles. The Morgan fingerprint density at radius 1 is 1.20 bits per heavy atom. The minimum atomic E-state index is 0.0376. The molecule has 0 unspecified atom stereocenters. The molecule has 1 amide bonds. The lowest BCUT2D eigenvalue weighted by molar-refractivity contribution is -0.116. The summed E-state index contributed by atoms with van der Waals surface area (Å²) < 4.78 is 5.40. The van der Waals surface area contributed by atoms with E-state index in [2.05, 4.69) is 22.4 Å². The largest absolute Gasteiger partial charge is 0.334 e. The molecule has 1 N–H and O–H groups in total. The molecule has 1 aromatic heterocycles. The van der Waals surface area contributed by atoms with E-state index in [0.29, 0.717) is 18.1 Å². The van der Waals surface area contributed by atoms with Crippen LogP contribution in [0.25, 0.3) is 11.5 Å². The number of aryl methyl sites for hydroxylation is 1. The topological polar surface area (TPSA) is 68.0 Å². The standard InChI is InChI=1S/C20H29N3O2/c1-5-6-7-8-9-13-17(24)21-18-15(4)11-10-12-16(18)20-22-19(14(2)3)23-25-20/h10-12,14H,5-9,13H2,1-4H3,(H,21,24). The van der Waals surface area contributed by atoms with Gasteiger partial charge < -0.3 is 9.84 Å². The van der Waals surface area contributed by atoms with Crippen molar-refractivity contribution in [3.05, 3.63) is 29.6 Å². The first kappa shape index (κ1) is 19.2. The summed E-state index contributed by atoms with van der Waals surface area (Å²) >= 11 is 0. The van der Waals surface area contributed by atoms with Crippen LogP contribution in [0.1, 0.15) is 76.6 Å². The van der Waals surface area contributed by atoms with Crippen LogP contribution in [-0.4, -0.2) is 16.0 Å². The SMILES string of the molecule is CCCCCCCC(=O)Nc1c(C)cccc1-c1nc(C(C)C)no1. The monoisotopic (exact) mass is 343 g/mol. The number of carbonyl (C=O) groups is 1. The van der Waals surface area contributed by atoms with E-state index in [-0.39, 0.29) is 11.8 Å². The second-order valence-corrected chi connectivity index (χ2v) is 6.82. The quantitative estimate of drug-likeness (QED) is 0.613. The van der Waals surface area contributed by atoms with Gasteiger partial charge in [0, 0.05) is 12.3 Å². The molecule has 0 bridgehead atoms. The highest BCUT2D eigenvalue weighted by Gasteiger charge is 2.17. The van der Waals surface area contributed by atoms with E-state index in [1.807, 2.05) is 39.0 Å². The Morgan fingerprint density at radius 3 is 2.64 bits per heavy atom. The van der Waals surface area contributed by atoms with Gasteiger partial charge in [-0.25, -0.2) is 0 Å². The molecular formula is C20H29N3O2. The van der Waals surface area contributed by atoms with Gasteiger partial charge in [0.25, 0.3) is 5.89 Å². The zero-order valence-electron chi connectivity index (χ0n) is 15.8. The molecule has 136 valence electrons. The average molecular weight is 343 g/mol. The molecule has 25 heavy (non-hydrogen) atoms. The van der Waals surface area contributed by atoms with Gasteiger partial charge in [-0.15, -0.1) is 0 Å². The maximum Gasteiger partial charge on any atom is 0.260 e. The summed E-state index contributed by atoms with van der Waals surface area (Å²) in [6, 6.07) is 5.81. The van der Waals surface area contributed by atoms with Crippen molar-refractivity contribution in [3.8, 4) is 11.5 Å². The highest BCUT2D eigenvalue weighted by Crippen LogP contribution is 2.30. The van der Waals surface area contributed by atoms with Crippen LogP contribution in [0, 0.1) is 6.92 Å². The number of amides is 1. The van der Waals surface area contributed by atoms with Gasteiger partial charge in [0.15, 0.2) is 5.82 Å². The number of benzene rings is 1. The van der Waals surface area contributed by atoms with Crippen molar-refractivity contribution in [1.82, 2.24) is 10.1 Å². The van der Waals surface area contributed by atoms with Crippen LogP contribution in [-0.2, 0) is 4.79 Å². The van der Waals surface area contributed by atoms with Crippen LogP contribution in [0.2, 0.25) is 0 Å². The fourth-order valence-electron chi connectivity index (χ4n) is 2.68. The molecule has 0 radical (unpaired) electrons. The van der Waals surface area contributed by atoms with Crippen LogP contribution in [0.3, 0.4) is 0 Å². The minimum absolute atomic E-state index is 0.0376. The van der Waals surface area contributed by atoms with Crippen molar-refractivity contribution < 1.29 is 9.32 Å². The number of nitrogens with zero attached hydrogens (tertiary/aromatic N) is 2. The lowest BCUT2D eigenvalue weighted by atomic mass is 10.1. The van der Waals surface area contributed by atoms with E-state index < -0.39 is 0 Å². The van der Waals surface area contributed by atoms with Gasteiger partial charge in [-0.3, -0.25) is 4.79 Å². The Kier molecular flexibility index (Phi) is 7.16. The van der Waals surface area contributed by atoms with E-state index in [4.69, 9.17) is 4.52 Å². The van der Waals surface area contributed by atoms with Gasteiger partial charge >= 0.3 is 0 Å². The molecule has 0 aliphatic heterocycles. The summed E-state index contributed by atoms with van der Waals surface area (Å²) in [5.41, 5.74) is 2.53. The molecule has 0 atom stereocenters. The number of rotatable bonds is 9. The Labute approximate surface area is 150 Å². The molecule has 1 heterocycles. The first-order chi connectivity index (χ1) is 12.0. The molecule has 0 spiro atoms. The lowest BCUT2D eigenvalue weighted by Crippen LogP contribution is -2.13. The van der Waals surface area contributed by atoms with Crippen molar-refractivity contribution >= 4 is 11.6 Å². The number of hydrogen-bond acceptors (Lipinski definition) is 4. The Balaban J connectivity index is 2.08. The third-order valence-electron chi connectivity index (χ3n) is 4.23. The van der Waals surface area contributed by atoms with Crippen molar-refractivity contribution in [2.75, 3.05) is 5.32 Å². The van der Waals surface area contributed by atoms with Crippen LogP contribution < -0.4 is 5.32 Å². The number of para-hydroxylation sites is 1. The number of aromatic nitrogens is 2.